The highest BCUT2D eigenvalue weighted by Gasteiger charge is 2.41. The number of hydrogen-bond acceptors (Lipinski definition) is 6. The van der Waals surface area contributed by atoms with Gasteiger partial charge in [-0.1, -0.05) is 6.07 Å². The van der Waals surface area contributed by atoms with Crippen LogP contribution >= 0.6 is 11.3 Å². The Morgan fingerprint density at radius 3 is 2.71 bits per heavy atom. The van der Waals surface area contributed by atoms with Crippen LogP contribution in [0.3, 0.4) is 0 Å². The average Bonchev–Trinajstić information content (AvgIpc) is 3.04. The van der Waals surface area contributed by atoms with Gasteiger partial charge in [-0.3, -0.25) is 29.4 Å². The smallest absolute Gasteiger partial charge is 0.282 e. The summed E-state index contributed by atoms with van der Waals surface area (Å²) in [4.78, 5) is 51.9. The highest BCUT2D eigenvalue weighted by molar-refractivity contribution is 7.07. The quantitative estimate of drug-likeness (QED) is 0.461. The summed E-state index contributed by atoms with van der Waals surface area (Å²) < 4.78 is 1.62. The zero-order valence-corrected chi connectivity index (χ0v) is 13.1. The predicted molar refractivity (Wildman–Crippen MR) is 82.3 cm³/mol. The lowest BCUT2D eigenvalue weighted by Gasteiger charge is -2.10. The van der Waals surface area contributed by atoms with Gasteiger partial charge >= 0.3 is 0 Å². The first-order valence-corrected chi connectivity index (χ1v) is 7.59. The third kappa shape index (κ3) is 2.52. The molecule has 122 valence electrons. The van der Waals surface area contributed by atoms with Crippen LogP contribution in [-0.4, -0.2) is 38.7 Å². The summed E-state index contributed by atoms with van der Waals surface area (Å²) in [5.74, 6) is -2.29. The summed E-state index contributed by atoms with van der Waals surface area (Å²) >= 11 is 1.23. The van der Waals surface area contributed by atoms with Gasteiger partial charge in [0, 0.05) is 24.7 Å². The lowest BCUT2D eigenvalue weighted by Crippen LogP contribution is -2.35. The number of aromatic nitrogens is 1. The van der Waals surface area contributed by atoms with Crippen LogP contribution in [0.5, 0.6) is 0 Å². The summed E-state index contributed by atoms with van der Waals surface area (Å²) in [5.41, 5.74) is -0.826. The van der Waals surface area contributed by atoms with E-state index >= 15 is 0 Å². The van der Waals surface area contributed by atoms with Crippen molar-refractivity contribution < 1.29 is 19.3 Å². The molecule has 1 aromatic heterocycles. The summed E-state index contributed by atoms with van der Waals surface area (Å²) in [6.45, 7) is -0.568. The number of rotatable bonds is 3. The van der Waals surface area contributed by atoms with Crippen LogP contribution < -0.4 is 4.80 Å². The summed E-state index contributed by atoms with van der Waals surface area (Å²) in [6.07, 6.45) is 1.71. The molecule has 24 heavy (non-hydrogen) atoms. The van der Waals surface area contributed by atoms with Crippen molar-refractivity contribution in [2.45, 2.75) is 0 Å². The molecule has 2 heterocycles. The lowest BCUT2D eigenvalue weighted by atomic mass is 10.1. The molecule has 1 aromatic carbocycles. The molecule has 2 aromatic rings. The topological polar surface area (TPSA) is 115 Å². The van der Waals surface area contributed by atoms with E-state index in [1.807, 2.05) is 0 Å². The van der Waals surface area contributed by atoms with Gasteiger partial charge in [0.05, 0.1) is 10.5 Å². The molecular weight excluding hydrogens is 336 g/mol. The van der Waals surface area contributed by atoms with Gasteiger partial charge in [0.1, 0.15) is 12.1 Å². The maximum Gasteiger partial charge on any atom is 0.282 e. The molecule has 1 aliphatic rings. The van der Waals surface area contributed by atoms with E-state index in [0.717, 1.165) is 6.07 Å². The molecule has 0 spiro atoms. The molecule has 0 unspecified atom stereocenters. The number of carbonyl (C=O) groups excluding carboxylic acids is 3. The van der Waals surface area contributed by atoms with E-state index in [-0.39, 0.29) is 11.1 Å². The zero-order valence-electron chi connectivity index (χ0n) is 12.3. The molecule has 0 saturated carbocycles. The summed E-state index contributed by atoms with van der Waals surface area (Å²) in [7, 11) is 1.70. The Morgan fingerprint density at radius 1 is 1.33 bits per heavy atom. The Kier molecular flexibility index (Phi) is 3.81. The van der Waals surface area contributed by atoms with E-state index in [2.05, 4.69) is 4.99 Å². The maximum atomic E-state index is 12.3. The van der Waals surface area contributed by atoms with E-state index in [4.69, 9.17) is 0 Å². The van der Waals surface area contributed by atoms with E-state index < -0.39 is 34.9 Å². The van der Waals surface area contributed by atoms with Crippen molar-refractivity contribution in [3.8, 4) is 0 Å². The second-order valence-corrected chi connectivity index (χ2v) is 5.83. The van der Waals surface area contributed by atoms with E-state index in [9.17, 15) is 24.5 Å². The molecule has 0 radical (unpaired) electrons. The number of nitro benzene ring substituents is 1. The Hall–Kier alpha value is -3.14. The van der Waals surface area contributed by atoms with E-state index in [0.29, 0.717) is 9.70 Å². The molecule has 3 rings (SSSR count). The van der Waals surface area contributed by atoms with Crippen LogP contribution in [0.1, 0.15) is 20.7 Å². The number of amides is 3. The van der Waals surface area contributed by atoms with E-state index in [1.165, 1.54) is 23.5 Å². The minimum atomic E-state index is -0.860. The minimum absolute atomic E-state index is 0.0799. The number of aryl methyl sites for hydroxylation is 1. The third-order valence-corrected chi connectivity index (χ3v) is 4.29. The Bertz CT molecular complexity index is 958. The van der Waals surface area contributed by atoms with Crippen molar-refractivity contribution in [1.29, 1.82) is 0 Å². The van der Waals surface area contributed by atoms with Gasteiger partial charge in [0.15, 0.2) is 4.80 Å². The summed E-state index contributed by atoms with van der Waals surface area (Å²) in [6, 6.07) is 3.79. The standard InChI is InChI=1S/C14H10N4O5S/c1-16-5-6-24-14(16)15-10(19)7-17-12(20)8-3-2-4-9(18(22)23)11(8)13(17)21/h2-6H,7H2,1H3. The van der Waals surface area contributed by atoms with Gasteiger partial charge in [-0.2, -0.15) is 4.99 Å². The normalized spacial score (nSPS) is 14.2. The molecule has 1 aliphatic heterocycles. The fraction of sp³-hybridized carbons (Fsp3) is 0.143. The van der Waals surface area contributed by atoms with Crippen molar-refractivity contribution in [2.24, 2.45) is 12.0 Å². The van der Waals surface area contributed by atoms with Crippen molar-refractivity contribution in [1.82, 2.24) is 9.47 Å². The van der Waals surface area contributed by atoms with E-state index in [1.54, 1.807) is 23.2 Å². The van der Waals surface area contributed by atoms with Crippen LogP contribution in [-0.2, 0) is 11.8 Å². The number of nitro groups is 1. The second kappa shape index (κ2) is 5.81. The van der Waals surface area contributed by atoms with Gasteiger partial charge in [-0.05, 0) is 6.07 Å². The number of fused-ring (bicyclic) bond motifs is 1. The molecular formula is C14H10N4O5S. The number of benzene rings is 1. The molecule has 10 heteroatoms. The van der Waals surface area contributed by atoms with Crippen molar-refractivity contribution in [3.63, 3.8) is 0 Å². The maximum absolute atomic E-state index is 12.3. The second-order valence-electron chi connectivity index (χ2n) is 4.96. The Labute approximate surface area is 138 Å². The first kappa shape index (κ1) is 15.7. The van der Waals surface area contributed by atoms with Gasteiger partial charge < -0.3 is 4.57 Å². The van der Waals surface area contributed by atoms with Crippen LogP contribution in [0.25, 0.3) is 0 Å². The third-order valence-electron chi connectivity index (χ3n) is 3.45. The molecule has 0 aliphatic carbocycles. The van der Waals surface area contributed by atoms with Crippen molar-refractivity contribution in [3.05, 3.63) is 55.8 Å². The molecule has 3 amide bonds. The zero-order chi connectivity index (χ0) is 17.4. The van der Waals surface area contributed by atoms with Crippen molar-refractivity contribution in [2.75, 3.05) is 6.54 Å². The number of carbonyl (C=O) groups is 3. The Morgan fingerprint density at radius 2 is 2.08 bits per heavy atom. The summed E-state index contributed by atoms with van der Waals surface area (Å²) in [5, 5.41) is 12.8. The molecule has 0 fully saturated rings. The number of thiazole rings is 1. The van der Waals surface area contributed by atoms with Crippen LogP contribution in [0.15, 0.2) is 34.8 Å². The number of imide groups is 1. The van der Waals surface area contributed by atoms with Crippen LogP contribution in [0, 0.1) is 10.1 Å². The highest BCUT2D eigenvalue weighted by atomic mass is 32.1. The minimum Gasteiger partial charge on any atom is -0.327 e. The predicted octanol–water partition coefficient (Wildman–Crippen LogP) is 0.718. The highest BCUT2D eigenvalue weighted by Crippen LogP contribution is 2.30. The van der Waals surface area contributed by atoms with Crippen LogP contribution in [0.4, 0.5) is 5.69 Å². The fourth-order valence-corrected chi connectivity index (χ4v) is 3.07. The Balaban J connectivity index is 1.92. The molecule has 0 atom stereocenters. The first-order valence-electron chi connectivity index (χ1n) is 6.71. The molecule has 0 N–H and O–H groups in total. The van der Waals surface area contributed by atoms with Gasteiger partial charge in [0.25, 0.3) is 23.4 Å². The van der Waals surface area contributed by atoms with Gasteiger partial charge in [-0.25, -0.2) is 0 Å². The number of nitrogens with zero attached hydrogens (tertiary/aromatic N) is 4. The largest absolute Gasteiger partial charge is 0.327 e. The lowest BCUT2D eigenvalue weighted by molar-refractivity contribution is -0.385. The molecule has 0 saturated heterocycles. The molecule has 0 bridgehead atoms. The molecule has 9 nitrogen and oxygen atoms in total. The number of hydrogen-bond donors (Lipinski definition) is 0. The fourth-order valence-electron chi connectivity index (χ4n) is 2.32. The van der Waals surface area contributed by atoms with Crippen molar-refractivity contribution >= 4 is 34.7 Å². The van der Waals surface area contributed by atoms with Gasteiger partial charge in [0.2, 0.25) is 0 Å². The first-order chi connectivity index (χ1) is 11.4. The SMILES string of the molecule is Cn1ccsc1=NC(=O)CN1C(=O)c2cccc([N+](=O)[O-])c2C1=O. The monoisotopic (exact) mass is 346 g/mol. The average molecular weight is 346 g/mol. The van der Waals surface area contributed by atoms with Gasteiger partial charge in [-0.15, -0.1) is 11.3 Å². The van der Waals surface area contributed by atoms with Crippen LogP contribution in [0.2, 0.25) is 0 Å².